The molecule has 14 heavy (non-hydrogen) atoms. The van der Waals surface area contributed by atoms with Crippen LogP contribution in [0.3, 0.4) is 0 Å². The number of carbonyl (C=O) groups is 1. The van der Waals surface area contributed by atoms with Crippen molar-refractivity contribution in [2.24, 2.45) is 5.73 Å². The van der Waals surface area contributed by atoms with E-state index in [0.717, 1.165) is 4.48 Å². The second kappa shape index (κ2) is 9.00. The summed E-state index contributed by atoms with van der Waals surface area (Å²) in [6, 6.07) is 0. The Labute approximate surface area is 88.9 Å². The Morgan fingerprint density at radius 1 is 1.14 bits per heavy atom. The zero-order valence-corrected chi connectivity index (χ0v) is 10.5. The third-order valence-electron chi connectivity index (χ3n) is 1.68. The largest absolute Gasteiger partial charge is 0.370 e. The van der Waals surface area contributed by atoms with E-state index in [1.54, 1.807) is 0 Å². The molecule has 0 aromatic carbocycles. The maximum atomic E-state index is 9.22. The predicted molar refractivity (Wildman–Crippen MR) is 61.9 cm³/mol. The van der Waals surface area contributed by atoms with Crippen LogP contribution < -0.4 is 5.73 Å². The Bertz CT molecular complexity index is 135. The van der Waals surface area contributed by atoms with Gasteiger partial charge in [-0.15, -0.1) is 0 Å². The molecule has 0 atom stereocenters. The standard InChI is InChI=1S/C9H22N.C2H5NO/c1-5-6-7-8-9-10(2,3)4;1-2(3)4/h5-9H2,1-4H3;1H3,(H2,3,4)/q+1;. The van der Waals surface area contributed by atoms with E-state index >= 15 is 0 Å². The highest BCUT2D eigenvalue weighted by atomic mass is 16.1. The van der Waals surface area contributed by atoms with Crippen molar-refractivity contribution in [3.05, 3.63) is 0 Å². The topological polar surface area (TPSA) is 43.1 Å². The van der Waals surface area contributed by atoms with Gasteiger partial charge in [0.25, 0.3) is 0 Å². The predicted octanol–water partition coefficient (Wildman–Crippen LogP) is 1.76. The average molecular weight is 203 g/mol. The summed E-state index contributed by atoms with van der Waals surface area (Å²) in [4.78, 5) is 9.22. The fraction of sp³-hybridized carbons (Fsp3) is 0.909. The molecule has 3 heteroatoms. The van der Waals surface area contributed by atoms with Crippen molar-refractivity contribution in [1.82, 2.24) is 0 Å². The highest BCUT2D eigenvalue weighted by Gasteiger charge is 2.04. The van der Waals surface area contributed by atoms with Gasteiger partial charge in [-0.2, -0.15) is 0 Å². The van der Waals surface area contributed by atoms with Crippen molar-refractivity contribution in [3.8, 4) is 0 Å². The zero-order chi connectivity index (χ0) is 11.6. The monoisotopic (exact) mass is 203 g/mol. The van der Waals surface area contributed by atoms with E-state index in [2.05, 4.69) is 33.8 Å². The van der Waals surface area contributed by atoms with Gasteiger partial charge in [0, 0.05) is 6.92 Å². The van der Waals surface area contributed by atoms with Crippen LogP contribution in [0.5, 0.6) is 0 Å². The lowest BCUT2D eigenvalue weighted by Gasteiger charge is -2.23. The molecule has 3 nitrogen and oxygen atoms in total. The second-order valence-corrected chi connectivity index (χ2v) is 4.69. The molecular formula is C11H27N2O+. The Kier molecular flexibility index (Phi) is 10.2. The number of hydrogen-bond donors (Lipinski definition) is 1. The van der Waals surface area contributed by atoms with Gasteiger partial charge in [0.2, 0.25) is 5.91 Å². The molecule has 0 aliphatic heterocycles. The molecule has 0 aliphatic carbocycles. The molecule has 86 valence electrons. The van der Waals surface area contributed by atoms with E-state index in [4.69, 9.17) is 0 Å². The fourth-order valence-corrected chi connectivity index (χ4v) is 1.01. The van der Waals surface area contributed by atoms with Gasteiger partial charge in [-0.1, -0.05) is 19.8 Å². The summed E-state index contributed by atoms with van der Waals surface area (Å²) in [5.74, 6) is -0.333. The Morgan fingerprint density at radius 3 is 1.86 bits per heavy atom. The number of amides is 1. The van der Waals surface area contributed by atoms with Crippen LogP contribution in [0.1, 0.15) is 39.5 Å². The molecule has 0 aromatic heterocycles. The first-order chi connectivity index (χ1) is 6.29. The summed E-state index contributed by atoms with van der Waals surface area (Å²) in [5.41, 5.74) is 4.47. The summed E-state index contributed by atoms with van der Waals surface area (Å²) in [5, 5.41) is 0. The lowest BCUT2D eigenvalue weighted by molar-refractivity contribution is -0.870. The Hall–Kier alpha value is -0.570. The van der Waals surface area contributed by atoms with Gasteiger partial charge in [0.1, 0.15) is 0 Å². The van der Waals surface area contributed by atoms with Crippen LogP contribution in [0.15, 0.2) is 0 Å². The molecule has 0 fully saturated rings. The number of carbonyl (C=O) groups excluding carboxylic acids is 1. The van der Waals surface area contributed by atoms with Crippen molar-refractivity contribution in [3.63, 3.8) is 0 Å². The number of hydrogen-bond acceptors (Lipinski definition) is 1. The van der Waals surface area contributed by atoms with Crippen LogP contribution in [0.2, 0.25) is 0 Å². The van der Waals surface area contributed by atoms with E-state index in [9.17, 15) is 4.79 Å². The van der Waals surface area contributed by atoms with Crippen LogP contribution >= 0.6 is 0 Å². The first kappa shape index (κ1) is 15.9. The highest BCUT2D eigenvalue weighted by molar-refractivity contribution is 5.70. The van der Waals surface area contributed by atoms with Crippen LogP contribution in [0, 0.1) is 0 Å². The van der Waals surface area contributed by atoms with Crippen molar-refractivity contribution in [1.29, 1.82) is 0 Å². The lowest BCUT2D eigenvalue weighted by Crippen LogP contribution is -2.35. The van der Waals surface area contributed by atoms with Crippen LogP contribution in [-0.4, -0.2) is 38.1 Å². The van der Waals surface area contributed by atoms with E-state index in [1.165, 1.54) is 39.2 Å². The van der Waals surface area contributed by atoms with Crippen molar-refractivity contribution < 1.29 is 9.28 Å². The SMILES string of the molecule is CC(N)=O.CCCCCC[N+](C)(C)C. The molecule has 0 aromatic rings. The molecule has 1 amide bonds. The molecular weight excluding hydrogens is 176 g/mol. The third-order valence-corrected chi connectivity index (χ3v) is 1.68. The van der Waals surface area contributed by atoms with Crippen LogP contribution in [0.25, 0.3) is 0 Å². The molecule has 0 aliphatic rings. The minimum absolute atomic E-state index is 0.333. The Balaban J connectivity index is 0. The number of unbranched alkanes of at least 4 members (excludes halogenated alkanes) is 3. The number of nitrogens with two attached hydrogens (primary N) is 1. The van der Waals surface area contributed by atoms with Gasteiger partial charge in [-0.05, 0) is 12.8 Å². The summed E-state index contributed by atoms with van der Waals surface area (Å²) in [7, 11) is 6.77. The van der Waals surface area contributed by atoms with Gasteiger partial charge in [-0.25, -0.2) is 0 Å². The first-order valence-electron chi connectivity index (χ1n) is 5.36. The number of nitrogens with zero attached hydrogens (tertiary/aromatic N) is 1. The van der Waals surface area contributed by atoms with Crippen molar-refractivity contribution in [2.45, 2.75) is 39.5 Å². The number of primary amides is 1. The van der Waals surface area contributed by atoms with Crippen molar-refractivity contribution >= 4 is 5.91 Å². The van der Waals surface area contributed by atoms with Crippen molar-refractivity contribution in [2.75, 3.05) is 27.7 Å². The van der Waals surface area contributed by atoms with Gasteiger partial charge < -0.3 is 10.2 Å². The molecule has 0 radical (unpaired) electrons. The molecule has 0 saturated carbocycles. The minimum atomic E-state index is -0.333. The normalized spacial score (nSPS) is 10.4. The second-order valence-electron chi connectivity index (χ2n) is 4.69. The minimum Gasteiger partial charge on any atom is -0.370 e. The summed E-state index contributed by atoms with van der Waals surface area (Å²) >= 11 is 0. The first-order valence-corrected chi connectivity index (χ1v) is 5.36. The maximum Gasteiger partial charge on any atom is 0.214 e. The van der Waals surface area contributed by atoms with Crippen LogP contribution in [-0.2, 0) is 4.79 Å². The summed E-state index contributed by atoms with van der Waals surface area (Å²) in [6.07, 6.45) is 5.54. The molecule has 0 heterocycles. The quantitative estimate of drug-likeness (QED) is 0.537. The molecule has 0 rings (SSSR count). The van der Waals surface area contributed by atoms with Gasteiger partial charge >= 0.3 is 0 Å². The smallest absolute Gasteiger partial charge is 0.214 e. The summed E-state index contributed by atoms with van der Waals surface area (Å²) in [6.45, 7) is 4.88. The Morgan fingerprint density at radius 2 is 1.57 bits per heavy atom. The van der Waals surface area contributed by atoms with E-state index < -0.39 is 0 Å². The average Bonchev–Trinajstić information content (AvgIpc) is 1.95. The van der Waals surface area contributed by atoms with Gasteiger partial charge in [-0.3, -0.25) is 4.79 Å². The highest BCUT2D eigenvalue weighted by Crippen LogP contribution is 2.01. The van der Waals surface area contributed by atoms with Gasteiger partial charge in [0.05, 0.1) is 27.7 Å². The lowest BCUT2D eigenvalue weighted by atomic mass is 10.2. The van der Waals surface area contributed by atoms with E-state index in [-0.39, 0.29) is 5.91 Å². The third kappa shape index (κ3) is 30.1. The fourth-order valence-electron chi connectivity index (χ4n) is 1.01. The van der Waals surface area contributed by atoms with Gasteiger partial charge in [0.15, 0.2) is 0 Å². The van der Waals surface area contributed by atoms with Crippen LogP contribution in [0.4, 0.5) is 0 Å². The molecule has 0 spiro atoms. The molecule has 0 bridgehead atoms. The summed E-state index contributed by atoms with van der Waals surface area (Å²) < 4.78 is 1.11. The number of rotatable bonds is 5. The number of quaternary nitrogens is 1. The zero-order valence-electron chi connectivity index (χ0n) is 10.5. The molecule has 2 N–H and O–H groups in total. The molecule has 0 unspecified atom stereocenters. The maximum absolute atomic E-state index is 9.22. The van der Waals surface area contributed by atoms with E-state index in [0.29, 0.717) is 0 Å². The van der Waals surface area contributed by atoms with E-state index in [1.807, 2.05) is 0 Å². The molecule has 0 saturated heterocycles.